The number of aryl methyl sites for hydroxylation is 2. The van der Waals surface area contributed by atoms with Gasteiger partial charge in [0.1, 0.15) is 5.69 Å². The Morgan fingerprint density at radius 2 is 2.39 bits per heavy atom. The van der Waals surface area contributed by atoms with Gasteiger partial charge in [-0.1, -0.05) is 19.1 Å². The number of aromatic nitrogens is 2. The average Bonchev–Trinajstić information content (AvgIpc) is 2.67. The fourth-order valence-electron chi connectivity index (χ4n) is 2.28. The minimum absolute atomic E-state index is 0.120. The summed E-state index contributed by atoms with van der Waals surface area (Å²) in [6.45, 7) is 1.88. The molecule has 0 radical (unpaired) electrons. The number of nitrogens with one attached hydrogen (secondary N) is 1. The molecular formula is C12H18N4O2. The third kappa shape index (κ3) is 2.37. The molecule has 1 aliphatic carbocycles. The van der Waals surface area contributed by atoms with E-state index in [1.165, 1.54) is 0 Å². The third-order valence-electron chi connectivity index (χ3n) is 3.22. The highest BCUT2D eigenvalue weighted by molar-refractivity contribution is 5.60. The number of nitro groups is 1. The number of hydrogen-bond acceptors (Lipinski definition) is 4. The van der Waals surface area contributed by atoms with E-state index < -0.39 is 0 Å². The minimum atomic E-state index is -0.340. The van der Waals surface area contributed by atoms with Crippen LogP contribution in [0.3, 0.4) is 0 Å². The zero-order valence-electron chi connectivity index (χ0n) is 10.7. The molecule has 0 bridgehead atoms. The van der Waals surface area contributed by atoms with E-state index in [0.717, 1.165) is 19.3 Å². The molecule has 0 amide bonds. The largest absolute Gasteiger partial charge is 0.361 e. The molecule has 1 aromatic heterocycles. The maximum Gasteiger partial charge on any atom is 0.333 e. The summed E-state index contributed by atoms with van der Waals surface area (Å²) in [4.78, 5) is 10.8. The molecule has 18 heavy (non-hydrogen) atoms. The minimum Gasteiger partial charge on any atom is -0.361 e. The van der Waals surface area contributed by atoms with Crippen molar-refractivity contribution in [2.45, 2.75) is 38.6 Å². The average molecular weight is 250 g/mol. The molecule has 0 aliphatic heterocycles. The second kappa shape index (κ2) is 5.20. The summed E-state index contributed by atoms with van der Waals surface area (Å²) >= 11 is 0. The first-order valence-corrected chi connectivity index (χ1v) is 6.25. The van der Waals surface area contributed by atoms with Crippen molar-refractivity contribution >= 4 is 11.5 Å². The van der Waals surface area contributed by atoms with Gasteiger partial charge < -0.3 is 5.32 Å². The highest BCUT2D eigenvalue weighted by Crippen LogP contribution is 2.30. The molecule has 1 N–H and O–H groups in total. The van der Waals surface area contributed by atoms with Crippen LogP contribution in [0.1, 0.15) is 31.9 Å². The van der Waals surface area contributed by atoms with Crippen molar-refractivity contribution in [3.8, 4) is 0 Å². The van der Waals surface area contributed by atoms with Crippen LogP contribution in [0, 0.1) is 10.1 Å². The Bertz CT molecular complexity index is 479. The summed E-state index contributed by atoms with van der Waals surface area (Å²) in [5, 5.41) is 18.6. The van der Waals surface area contributed by atoms with E-state index in [1.54, 1.807) is 11.7 Å². The molecule has 2 rings (SSSR count). The van der Waals surface area contributed by atoms with Crippen LogP contribution in [0.2, 0.25) is 0 Å². The van der Waals surface area contributed by atoms with Gasteiger partial charge in [0.2, 0.25) is 5.82 Å². The smallest absolute Gasteiger partial charge is 0.333 e. The lowest BCUT2D eigenvalue weighted by atomic mass is 10.0. The van der Waals surface area contributed by atoms with E-state index in [4.69, 9.17) is 0 Å². The predicted molar refractivity (Wildman–Crippen MR) is 69.6 cm³/mol. The van der Waals surface area contributed by atoms with Gasteiger partial charge in [-0.05, 0) is 25.7 Å². The number of hydrogen-bond donors (Lipinski definition) is 1. The molecule has 1 heterocycles. The van der Waals surface area contributed by atoms with Gasteiger partial charge in [-0.25, -0.2) is 4.68 Å². The molecule has 1 aliphatic rings. The monoisotopic (exact) mass is 250 g/mol. The van der Waals surface area contributed by atoms with Gasteiger partial charge in [0, 0.05) is 13.1 Å². The second-order valence-electron chi connectivity index (χ2n) is 4.50. The number of nitrogens with zero attached hydrogens (tertiary/aromatic N) is 3. The van der Waals surface area contributed by atoms with Crippen molar-refractivity contribution in [3.63, 3.8) is 0 Å². The summed E-state index contributed by atoms with van der Waals surface area (Å²) < 4.78 is 1.58. The number of rotatable bonds is 4. The van der Waals surface area contributed by atoms with Crippen molar-refractivity contribution in [3.05, 3.63) is 28.0 Å². The van der Waals surface area contributed by atoms with Gasteiger partial charge in [-0.15, -0.1) is 0 Å². The van der Waals surface area contributed by atoms with E-state index >= 15 is 0 Å². The molecule has 0 aromatic carbocycles. The lowest BCUT2D eigenvalue weighted by molar-refractivity contribution is -0.384. The second-order valence-corrected chi connectivity index (χ2v) is 4.50. The molecule has 1 aromatic rings. The van der Waals surface area contributed by atoms with Crippen molar-refractivity contribution < 1.29 is 4.92 Å². The van der Waals surface area contributed by atoms with Crippen LogP contribution in [0.15, 0.2) is 12.2 Å². The molecule has 6 nitrogen and oxygen atoms in total. The Morgan fingerprint density at radius 3 is 2.94 bits per heavy atom. The van der Waals surface area contributed by atoms with Crippen molar-refractivity contribution in [1.82, 2.24) is 9.78 Å². The molecule has 1 atom stereocenters. The maximum atomic E-state index is 11.2. The van der Waals surface area contributed by atoms with Crippen LogP contribution >= 0.6 is 0 Å². The lowest BCUT2D eigenvalue weighted by Crippen LogP contribution is -2.22. The highest BCUT2D eigenvalue weighted by atomic mass is 16.6. The van der Waals surface area contributed by atoms with Crippen molar-refractivity contribution in [1.29, 1.82) is 0 Å². The van der Waals surface area contributed by atoms with E-state index in [2.05, 4.69) is 22.6 Å². The Balaban J connectivity index is 2.28. The van der Waals surface area contributed by atoms with Gasteiger partial charge in [-0.3, -0.25) is 10.1 Å². The Hall–Kier alpha value is -1.85. The first-order valence-electron chi connectivity index (χ1n) is 6.25. The predicted octanol–water partition coefficient (Wildman–Crippen LogP) is 2.41. The molecule has 0 saturated carbocycles. The lowest BCUT2D eigenvalue weighted by Gasteiger charge is -2.19. The quantitative estimate of drug-likeness (QED) is 0.506. The van der Waals surface area contributed by atoms with Gasteiger partial charge in [-0.2, -0.15) is 5.10 Å². The van der Waals surface area contributed by atoms with Gasteiger partial charge in [0.25, 0.3) is 0 Å². The summed E-state index contributed by atoms with van der Waals surface area (Å²) in [7, 11) is 1.74. The molecule has 0 saturated heterocycles. The molecule has 1 unspecified atom stereocenters. The molecular weight excluding hydrogens is 232 g/mol. The van der Waals surface area contributed by atoms with E-state index in [-0.39, 0.29) is 16.7 Å². The van der Waals surface area contributed by atoms with E-state index in [9.17, 15) is 10.1 Å². The number of allylic oxidation sites excluding steroid dienone is 1. The maximum absolute atomic E-state index is 11.2. The fraction of sp³-hybridized carbons (Fsp3) is 0.583. The molecule has 6 heteroatoms. The first kappa shape index (κ1) is 12.6. The highest BCUT2D eigenvalue weighted by Gasteiger charge is 2.27. The van der Waals surface area contributed by atoms with Crippen LogP contribution in [-0.2, 0) is 13.5 Å². The van der Waals surface area contributed by atoms with Gasteiger partial charge in [0.15, 0.2) is 0 Å². The van der Waals surface area contributed by atoms with Crippen LogP contribution in [-0.4, -0.2) is 20.7 Å². The van der Waals surface area contributed by atoms with E-state index in [1.807, 2.05) is 6.92 Å². The van der Waals surface area contributed by atoms with Crippen LogP contribution < -0.4 is 5.32 Å². The molecule has 98 valence electrons. The zero-order valence-corrected chi connectivity index (χ0v) is 10.7. The first-order chi connectivity index (χ1) is 8.63. The third-order valence-corrected chi connectivity index (χ3v) is 3.22. The summed E-state index contributed by atoms with van der Waals surface area (Å²) in [5.74, 6) is 0.525. The Morgan fingerprint density at radius 1 is 1.61 bits per heavy atom. The van der Waals surface area contributed by atoms with Crippen LogP contribution in [0.4, 0.5) is 11.5 Å². The number of anilines is 1. The summed E-state index contributed by atoms with van der Waals surface area (Å²) in [6, 6.07) is 0.258. The van der Waals surface area contributed by atoms with Gasteiger partial charge in [0.05, 0.1) is 4.92 Å². The SMILES string of the molecule is CCc1nn(C)c(NC2CC=CCC2)c1[N+](=O)[O-]. The zero-order chi connectivity index (χ0) is 13.1. The van der Waals surface area contributed by atoms with Crippen molar-refractivity contribution in [2.75, 3.05) is 5.32 Å². The Kier molecular flexibility index (Phi) is 3.64. The van der Waals surface area contributed by atoms with Gasteiger partial charge >= 0.3 is 5.69 Å². The summed E-state index contributed by atoms with van der Waals surface area (Å²) in [5.41, 5.74) is 0.658. The summed E-state index contributed by atoms with van der Waals surface area (Å²) in [6.07, 6.45) is 7.75. The van der Waals surface area contributed by atoms with Crippen LogP contribution in [0.25, 0.3) is 0 Å². The fourth-order valence-corrected chi connectivity index (χ4v) is 2.28. The van der Waals surface area contributed by atoms with Crippen molar-refractivity contribution in [2.24, 2.45) is 7.05 Å². The van der Waals surface area contributed by atoms with Crippen LogP contribution in [0.5, 0.6) is 0 Å². The molecule has 0 spiro atoms. The Labute approximate surface area is 106 Å². The topological polar surface area (TPSA) is 73.0 Å². The van der Waals surface area contributed by atoms with E-state index in [0.29, 0.717) is 17.9 Å². The molecule has 0 fully saturated rings. The normalized spacial score (nSPS) is 18.9. The standard InChI is InChI=1S/C12H18N4O2/c1-3-10-11(16(17)18)12(15(2)14-10)13-9-7-5-4-6-8-9/h4-5,9,13H,3,6-8H2,1-2H3.